The van der Waals surface area contributed by atoms with Crippen LogP contribution in [0, 0.1) is 5.41 Å². The molecule has 0 amide bonds. The van der Waals surface area contributed by atoms with Crippen LogP contribution in [0.3, 0.4) is 0 Å². The van der Waals surface area contributed by atoms with E-state index in [1.165, 1.54) is 0 Å². The van der Waals surface area contributed by atoms with Gasteiger partial charge in [0.15, 0.2) is 0 Å². The number of nitrogens with zero attached hydrogens (tertiary/aromatic N) is 1. The van der Waals surface area contributed by atoms with Crippen LogP contribution in [0.2, 0.25) is 0 Å². The Hall–Kier alpha value is -0.650. The van der Waals surface area contributed by atoms with Gasteiger partial charge in [0, 0.05) is 26.3 Å². The molecule has 1 fully saturated rings. The Morgan fingerprint density at radius 3 is 2.81 bits per heavy atom. The third-order valence-corrected chi connectivity index (χ3v) is 3.27. The molecule has 1 rings (SSSR count). The Kier molecular flexibility index (Phi) is 4.70. The van der Waals surface area contributed by atoms with Gasteiger partial charge in [0.05, 0.1) is 13.2 Å². The lowest BCUT2D eigenvalue weighted by Crippen LogP contribution is -2.46. The summed E-state index contributed by atoms with van der Waals surface area (Å²) in [6.07, 6.45) is 0.590. The molecular formula is C11H21NO4. The second-order valence-corrected chi connectivity index (χ2v) is 4.61. The molecule has 94 valence electrons. The summed E-state index contributed by atoms with van der Waals surface area (Å²) in [5.41, 5.74) is -0.739. The number of methoxy groups -OCH3 is 1. The number of aliphatic carboxylic acids is 1. The number of ether oxygens (including phenoxy) is 2. The number of carbonyl (C=O) groups is 1. The molecule has 1 aliphatic rings. The first kappa shape index (κ1) is 13.4. The molecule has 1 heterocycles. The first-order chi connectivity index (χ1) is 7.52. The Morgan fingerprint density at radius 1 is 1.69 bits per heavy atom. The van der Waals surface area contributed by atoms with Gasteiger partial charge in [0.2, 0.25) is 0 Å². The van der Waals surface area contributed by atoms with E-state index in [9.17, 15) is 9.90 Å². The van der Waals surface area contributed by atoms with Crippen LogP contribution < -0.4 is 0 Å². The Labute approximate surface area is 96.3 Å². The van der Waals surface area contributed by atoms with E-state index in [0.29, 0.717) is 32.8 Å². The minimum Gasteiger partial charge on any atom is -0.481 e. The standard InChI is InChI=1S/C11H21NO4/c1-9(6-15-3)12(2)7-11(10(13)14)4-5-16-8-11/h9H,4-8H2,1-3H3,(H,13,14). The van der Waals surface area contributed by atoms with E-state index < -0.39 is 11.4 Å². The first-order valence-electron chi connectivity index (χ1n) is 5.52. The van der Waals surface area contributed by atoms with Crippen LogP contribution >= 0.6 is 0 Å². The van der Waals surface area contributed by atoms with E-state index in [2.05, 4.69) is 0 Å². The van der Waals surface area contributed by atoms with Gasteiger partial charge in [-0.2, -0.15) is 0 Å². The van der Waals surface area contributed by atoms with E-state index in [-0.39, 0.29) is 6.04 Å². The summed E-state index contributed by atoms with van der Waals surface area (Å²) in [5.74, 6) is -0.763. The number of carboxylic acid groups (broad SMARTS) is 1. The first-order valence-corrected chi connectivity index (χ1v) is 5.52. The van der Waals surface area contributed by atoms with Crippen molar-refractivity contribution in [3.63, 3.8) is 0 Å². The number of hydrogen-bond donors (Lipinski definition) is 1. The second-order valence-electron chi connectivity index (χ2n) is 4.61. The van der Waals surface area contributed by atoms with Crippen LogP contribution in [-0.4, -0.2) is 62.5 Å². The summed E-state index contributed by atoms with van der Waals surface area (Å²) >= 11 is 0. The minimum atomic E-state index is -0.763. The summed E-state index contributed by atoms with van der Waals surface area (Å²) in [5, 5.41) is 9.29. The largest absolute Gasteiger partial charge is 0.481 e. The lowest BCUT2D eigenvalue weighted by Gasteiger charge is -2.32. The third-order valence-electron chi connectivity index (χ3n) is 3.27. The number of carboxylic acids is 1. The monoisotopic (exact) mass is 231 g/mol. The van der Waals surface area contributed by atoms with Gasteiger partial charge in [-0.15, -0.1) is 0 Å². The van der Waals surface area contributed by atoms with Crippen molar-refractivity contribution in [1.82, 2.24) is 4.90 Å². The quantitative estimate of drug-likeness (QED) is 0.719. The third kappa shape index (κ3) is 2.93. The van der Waals surface area contributed by atoms with Crippen molar-refractivity contribution in [2.45, 2.75) is 19.4 Å². The van der Waals surface area contributed by atoms with Gasteiger partial charge in [-0.25, -0.2) is 0 Å². The SMILES string of the molecule is COCC(C)N(C)CC1(C(=O)O)CCOC1. The summed E-state index contributed by atoms with van der Waals surface area (Å²) in [6, 6.07) is 0.210. The van der Waals surface area contributed by atoms with Crippen LogP contribution in [0.15, 0.2) is 0 Å². The van der Waals surface area contributed by atoms with Gasteiger partial charge in [-0.05, 0) is 20.4 Å². The van der Waals surface area contributed by atoms with E-state index in [4.69, 9.17) is 9.47 Å². The van der Waals surface area contributed by atoms with E-state index >= 15 is 0 Å². The van der Waals surface area contributed by atoms with Crippen molar-refractivity contribution in [2.24, 2.45) is 5.41 Å². The average Bonchev–Trinajstić information content (AvgIpc) is 2.68. The van der Waals surface area contributed by atoms with Crippen LogP contribution in [0.4, 0.5) is 0 Å². The van der Waals surface area contributed by atoms with Crippen LogP contribution in [0.25, 0.3) is 0 Å². The van der Waals surface area contributed by atoms with Gasteiger partial charge in [-0.1, -0.05) is 0 Å². The van der Waals surface area contributed by atoms with Gasteiger partial charge in [-0.3, -0.25) is 4.79 Å². The van der Waals surface area contributed by atoms with E-state index in [1.807, 2.05) is 18.9 Å². The Balaban J connectivity index is 2.58. The zero-order chi connectivity index (χ0) is 12.2. The fourth-order valence-corrected chi connectivity index (χ4v) is 1.97. The molecule has 0 bridgehead atoms. The number of rotatable bonds is 6. The predicted octanol–water partition coefficient (Wildman–Crippen LogP) is 0.444. The highest BCUT2D eigenvalue weighted by Crippen LogP contribution is 2.30. The summed E-state index contributed by atoms with van der Waals surface area (Å²) in [7, 11) is 3.57. The molecular weight excluding hydrogens is 210 g/mol. The van der Waals surface area contributed by atoms with Gasteiger partial charge in [0.25, 0.3) is 0 Å². The summed E-state index contributed by atoms with van der Waals surface area (Å²) in [4.78, 5) is 13.3. The Bertz CT molecular complexity index is 238. The predicted molar refractivity (Wildman–Crippen MR) is 59.5 cm³/mol. The molecule has 5 nitrogen and oxygen atoms in total. The molecule has 1 aliphatic heterocycles. The molecule has 1 saturated heterocycles. The number of hydrogen-bond acceptors (Lipinski definition) is 4. The van der Waals surface area contributed by atoms with Crippen molar-refractivity contribution >= 4 is 5.97 Å². The van der Waals surface area contributed by atoms with Crippen molar-refractivity contribution in [3.8, 4) is 0 Å². The molecule has 0 saturated carbocycles. The smallest absolute Gasteiger partial charge is 0.313 e. The van der Waals surface area contributed by atoms with Gasteiger partial charge < -0.3 is 19.5 Å². The van der Waals surface area contributed by atoms with Crippen LogP contribution in [0.5, 0.6) is 0 Å². The van der Waals surface area contributed by atoms with Crippen molar-refractivity contribution in [3.05, 3.63) is 0 Å². The van der Waals surface area contributed by atoms with Crippen LogP contribution in [-0.2, 0) is 14.3 Å². The minimum absolute atomic E-state index is 0.210. The van der Waals surface area contributed by atoms with Crippen molar-refractivity contribution in [1.29, 1.82) is 0 Å². The van der Waals surface area contributed by atoms with Gasteiger partial charge >= 0.3 is 5.97 Å². The molecule has 0 radical (unpaired) electrons. The maximum Gasteiger partial charge on any atom is 0.313 e. The summed E-state index contributed by atoms with van der Waals surface area (Å²) in [6.45, 7) is 3.99. The molecule has 1 N–H and O–H groups in total. The molecule has 0 aromatic carbocycles. The van der Waals surface area contributed by atoms with Gasteiger partial charge in [0.1, 0.15) is 5.41 Å². The average molecular weight is 231 g/mol. The van der Waals surface area contributed by atoms with E-state index in [0.717, 1.165) is 0 Å². The molecule has 0 aliphatic carbocycles. The van der Waals surface area contributed by atoms with E-state index in [1.54, 1.807) is 7.11 Å². The van der Waals surface area contributed by atoms with Crippen molar-refractivity contribution < 1.29 is 19.4 Å². The molecule has 16 heavy (non-hydrogen) atoms. The fourth-order valence-electron chi connectivity index (χ4n) is 1.97. The number of likely N-dealkylation sites (N-methyl/N-ethyl adjacent to an activating group) is 1. The Morgan fingerprint density at radius 2 is 2.38 bits per heavy atom. The van der Waals surface area contributed by atoms with Crippen molar-refractivity contribution in [2.75, 3.05) is 40.5 Å². The highest BCUT2D eigenvalue weighted by atomic mass is 16.5. The zero-order valence-electron chi connectivity index (χ0n) is 10.2. The lowest BCUT2D eigenvalue weighted by atomic mass is 9.86. The zero-order valence-corrected chi connectivity index (χ0v) is 10.2. The topological polar surface area (TPSA) is 59.0 Å². The molecule has 5 heteroatoms. The maximum absolute atomic E-state index is 11.3. The maximum atomic E-state index is 11.3. The lowest BCUT2D eigenvalue weighted by molar-refractivity contribution is -0.150. The fraction of sp³-hybridized carbons (Fsp3) is 0.909. The molecule has 2 unspecified atom stereocenters. The highest BCUT2D eigenvalue weighted by molar-refractivity contribution is 5.75. The second kappa shape index (κ2) is 5.61. The molecule has 0 spiro atoms. The normalized spacial score (nSPS) is 27.2. The molecule has 2 atom stereocenters. The summed E-state index contributed by atoms with van der Waals surface area (Å²) < 4.78 is 10.3. The highest BCUT2D eigenvalue weighted by Gasteiger charge is 2.43. The van der Waals surface area contributed by atoms with Crippen LogP contribution in [0.1, 0.15) is 13.3 Å². The molecule has 0 aromatic heterocycles. The molecule has 0 aromatic rings.